The summed E-state index contributed by atoms with van der Waals surface area (Å²) in [7, 11) is 0. The molecule has 142 valence electrons. The SMILES string of the molecule is O=C(O)c1cc(Br)c(C(=O)N2CCOCC2)cc1OCc1ccc(F)cc1. The molecule has 1 heterocycles. The van der Waals surface area contributed by atoms with Gasteiger partial charge in [0.1, 0.15) is 23.7 Å². The van der Waals surface area contributed by atoms with Crippen LogP contribution in [0.3, 0.4) is 0 Å². The zero-order valence-corrected chi connectivity index (χ0v) is 15.9. The first-order valence-electron chi connectivity index (χ1n) is 8.27. The number of benzene rings is 2. The fourth-order valence-electron chi connectivity index (χ4n) is 2.68. The van der Waals surface area contributed by atoms with Crippen LogP contribution in [0.4, 0.5) is 4.39 Å². The fraction of sp³-hybridized carbons (Fsp3) is 0.263. The Hall–Kier alpha value is -2.45. The molecule has 1 aliphatic rings. The van der Waals surface area contributed by atoms with E-state index in [1.54, 1.807) is 17.0 Å². The number of morpholine rings is 1. The maximum Gasteiger partial charge on any atom is 0.339 e. The van der Waals surface area contributed by atoms with Crippen LogP contribution in [0.1, 0.15) is 26.3 Å². The largest absolute Gasteiger partial charge is 0.488 e. The molecule has 1 saturated heterocycles. The van der Waals surface area contributed by atoms with Crippen molar-refractivity contribution in [2.75, 3.05) is 26.3 Å². The molecule has 8 heteroatoms. The summed E-state index contributed by atoms with van der Waals surface area (Å²) < 4.78 is 24.3. The lowest BCUT2D eigenvalue weighted by atomic mass is 10.1. The number of carboxylic acids is 1. The second kappa shape index (κ2) is 8.49. The molecular weight excluding hydrogens is 421 g/mol. The van der Waals surface area contributed by atoms with Crippen LogP contribution >= 0.6 is 15.9 Å². The van der Waals surface area contributed by atoms with Gasteiger partial charge in [0.15, 0.2) is 0 Å². The molecule has 27 heavy (non-hydrogen) atoms. The summed E-state index contributed by atoms with van der Waals surface area (Å²) in [6, 6.07) is 8.48. The molecule has 1 fully saturated rings. The predicted molar refractivity (Wildman–Crippen MR) is 98.6 cm³/mol. The number of carbonyl (C=O) groups is 2. The summed E-state index contributed by atoms with van der Waals surface area (Å²) in [5.41, 5.74) is 0.926. The highest BCUT2D eigenvalue weighted by Crippen LogP contribution is 2.29. The van der Waals surface area contributed by atoms with Crippen LogP contribution in [-0.4, -0.2) is 48.2 Å². The molecule has 1 aliphatic heterocycles. The molecule has 0 spiro atoms. The van der Waals surface area contributed by atoms with Crippen LogP contribution in [0.25, 0.3) is 0 Å². The zero-order valence-electron chi connectivity index (χ0n) is 14.3. The highest BCUT2D eigenvalue weighted by atomic mass is 79.9. The van der Waals surface area contributed by atoms with E-state index in [4.69, 9.17) is 9.47 Å². The Labute approximate surface area is 163 Å². The van der Waals surface area contributed by atoms with E-state index in [-0.39, 0.29) is 29.6 Å². The molecule has 2 aromatic carbocycles. The lowest BCUT2D eigenvalue weighted by Crippen LogP contribution is -2.40. The van der Waals surface area contributed by atoms with E-state index >= 15 is 0 Å². The van der Waals surface area contributed by atoms with Crippen molar-refractivity contribution in [3.63, 3.8) is 0 Å². The van der Waals surface area contributed by atoms with Crippen LogP contribution in [0.2, 0.25) is 0 Å². The molecule has 2 aromatic rings. The minimum absolute atomic E-state index is 0.0490. The van der Waals surface area contributed by atoms with E-state index in [2.05, 4.69) is 15.9 Å². The van der Waals surface area contributed by atoms with Gasteiger partial charge in [0.05, 0.1) is 18.8 Å². The van der Waals surface area contributed by atoms with Crippen LogP contribution in [0.5, 0.6) is 5.75 Å². The third kappa shape index (κ3) is 4.64. The van der Waals surface area contributed by atoms with E-state index in [1.165, 1.54) is 24.3 Å². The number of carboxylic acid groups (broad SMARTS) is 1. The molecule has 3 rings (SSSR count). The average molecular weight is 438 g/mol. The second-order valence-electron chi connectivity index (χ2n) is 5.95. The van der Waals surface area contributed by atoms with Gasteiger partial charge < -0.3 is 19.5 Å². The molecule has 1 N–H and O–H groups in total. The van der Waals surface area contributed by atoms with Crippen molar-refractivity contribution in [1.29, 1.82) is 0 Å². The smallest absolute Gasteiger partial charge is 0.339 e. The quantitative estimate of drug-likeness (QED) is 0.775. The van der Waals surface area contributed by atoms with E-state index in [1.807, 2.05) is 0 Å². The van der Waals surface area contributed by atoms with Crippen molar-refractivity contribution in [1.82, 2.24) is 4.90 Å². The molecule has 0 aliphatic carbocycles. The number of aromatic carboxylic acids is 1. The van der Waals surface area contributed by atoms with Gasteiger partial charge in [0.2, 0.25) is 0 Å². The number of ether oxygens (including phenoxy) is 2. The average Bonchev–Trinajstić information content (AvgIpc) is 2.68. The number of hydrogen-bond acceptors (Lipinski definition) is 4. The number of amides is 1. The Kier molecular flexibility index (Phi) is 6.08. The third-order valence-corrected chi connectivity index (χ3v) is 4.79. The topological polar surface area (TPSA) is 76.1 Å². The van der Waals surface area contributed by atoms with Crippen LogP contribution in [-0.2, 0) is 11.3 Å². The number of nitrogens with zero attached hydrogens (tertiary/aromatic N) is 1. The summed E-state index contributed by atoms with van der Waals surface area (Å²) in [5.74, 6) is -1.69. The zero-order chi connectivity index (χ0) is 19.4. The van der Waals surface area contributed by atoms with Gasteiger partial charge in [-0.3, -0.25) is 4.79 Å². The molecule has 0 atom stereocenters. The maximum absolute atomic E-state index is 13.0. The van der Waals surface area contributed by atoms with Gasteiger partial charge in [0.25, 0.3) is 5.91 Å². The van der Waals surface area contributed by atoms with Gasteiger partial charge >= 0.3 is 5.97 Å². The monoisotopic (exact) mass is 437 g/mol. The molecule has 0 saturated carbocycles. The normalized spacial score (nSPS) is 14.1. The molecule has 0 radical (unpaired) electrons. The van der Waals surface area contributed by atoms with Gasteiger partial charge in [-0.15, -0.1) is 0 Å². The Bertz CT molecular complexity index is 850. The Morgan fingerprint density at radius 1 is 1.15 bits per heavy atom. The summed E-state index contributed by atoms with van der Waals surface area (Å²) in [6.07, 6.45) is 0. The predicted octanol–water partition coefficient (Wildman–Crippen LogP) is 3.34. The second-order valence-corrected chi connectivity index (χ2v) is 6.81. The van der Waals surface area contributed by atoms with Gasteiger partial charge in [-0.2, -0.15) is 0 Å². The van der Waals surface area contributed by atoms with Gasteiger partial charge in [-0.1, -0.05) is 12.1 Å². The number of rotatable bonds is 5. The van der Waals surface area contributed by atoms with Crippen molar-refractivity contribution in [3.8, 4) is 5.75 Å². The van der Waals surface area contributed by atoms with Gasteiger partial charge in [-0.25, -0.2) is 9.18 Å². The van der Waals surface area contributed by atoms with E-state index in [9.17, 15) is 19.1 Å². The van der Waals surface area contributed by atoms with Crippen LogP contribution in [0.15, 0.2) is 40.9 Å². The highest BCUT2D eigenvalue weighted by molar-refractivity contribution is 9.10. The summed E-state index contributed by atoms with van der Waals surface area (Å²) in [5, 5.41) is 9.44. The van der Waals surface area contributed by atoms with Crippen molar-refractivity contribution in [2.24, 2.45) is 0 Å². The molecular formula is C19H17BrFNO5. The minimum atomic E-state index is -1.17. The van der Waals surface area contributed by atoms with Gasteiger partial charge in [-0.05, 0) is 45.8 Å². The summed E-state index contributed by atoms with van der Waals surface area (Å²) >= 11 is 3.28. The fourth-order valence-corrected chi connectivity index (χ4v) is 3.20. The number of carbonyl (C=O) groups excluding carboxylic acids is 1. The van der Waals surface area contributed by atoms with Crippen molar-refractivity contribution in [3.05, 3.63) is 63.4 Å². The highest BCUT2D eigenvalue weighted by Gasteiger charge is 2.24. The first kappa shape index (κ1) is 19.3. The van der Waals surface area contributed by atoms with Crippen molar-refractivity contribution in [2.45, 2.75) is 6.61 Å². The molecule has 6 nitrogen and oxygen atoms in total. The van der Waals surface area contributed by atoms with E-state index in [0.29, 0.717) is 41.9 Å². The number of halogens is 2. The number of hydrogen-bond donors (Lipinski definition) is 1. The van der Waals surface area contributed by atoms with E-state index in [0.717, 1.165) is 0 Å². The lowest BCUT2D eigenvalue weighted by molar-refractivity contribution is 0.0302. The van der Waals surface area contributed by atoms with Crippen LogP contribution in [0, 0.1) is 5.82 Å². The standard InChI is InChI=1S/C19H17BrFNO5/c20-16-9-15(19(24)25)17(27-11-12-1-3-13(21)4-2-12)10-14(16)18(23)22-5-7-26-8-6-22/h1-4,9-10H,5-8,11H2,(H,24,25). The lowest BCUT2D eigenvalue weighted by Gasteiger charge is -2.27. The van der Waals surface area contributed by atoms with Crippen molar-refractivity contribution < 1.29 is 28.6 Å². The Balaban J connectivity index is 1.87. The third-order valence-electron chi connectivity index (χ3n) is 4.14. The Morgan fingerprint density at radius 2 is 1.81 bits per heavy atom. The summed E-state index contributed by atoms with van der Waals surface area (Å²) in [6.45, 7) is 1.91. The first-order chi connectivity index (χ1) is 13.0. The van der Waals surface area contributed by atoms with E-state index < -0.39 is 5.97 Å². The van der Waals surface area contributed by atoms with Crippen LogP contribution < -0.4 is 4.74 Å². The summed E-state index contributed by atoms with van der Waals surface area (Å²) in [4.78, 5) is 26.0. The molecule has 1 amide bonds. The molecule has 0 bridgehead atoms. The maximum atomic E-state index is 13.0. The molecule has 0 unspecified atom stereocenters. The minimum Gasteiger partial charge on any atom is -0.488 e. The first-order valence-corrected chi connectivity index (χ1v) is 9.06. The van der Waals surface area contributed by atoms with Crippen molar-refractivity contribution >= 4 is 27.8 Å². The Morgan fingerprint density at radius 3 is 2.44 bits per heavy atom. The van der Waals surface area contributed by atoms with Gasteiger partial charge in [0, 0.05) is 17.6 Å². The molecule has 0 aromatic heterocycles.